The predicted molar refractivity (Wildman–Crippen MR) is 55.9 cm³/mol. The normalized spacial score (nSPS) is 8.83. The highest BCUT2D eigenvalue weighted by molar-refractivity contribution is 9.10. The Bertz CT molecular complexity index is 232. The summed E-state index contributed by atoms with van der Waals surface area (Å²) in [7, 11) is 0. The molecule has 0 amide bonds. The van der Waals surface area contributed by atoms with Crippen LogP contribution in [-0.2, 0) is 0 Å². The summed E-state index contributed by atoms with van der Waals surface area (Å²) in [5.41, 5.74) is 5.28. The lowest BCUT2D eigenvalue weighted by atomic mass is 10.3. The van der Waals surface area contributed by atoms with Gasteiger partial charge in [0.25, 0.3) is 0 Å². The molecule has 0 aliphatic carbocycles. The van der Waals surface area contributed by atoms with Crippen LogP contribution in [0.15, 0.2) is 28.7 Å². The predicted octanol–water partition coefficient (Wildman–Crippen LogP) is 2.21. The molecule has 0 saturated carbocycles. The van der Waals surface area contributed by atoms with Crippen molar-refractivity contribution in [1.29, 1.82) is 0 Å². The van der Waals surface area contributed by atoms with Crippen molar-refractivity contribution in [3.05, 3.63) is 28.7 Å². The van der Waals surface area contributed by atoms with Gasteiger partial charge in [-0.1, -0.05) is 22.0 Å². The zero-order chi connectivity index (χ0) is 8.10. The molecule has 0 aliphatic heterocycles. The Balaban J connectivity index is 0.00000121. The summed E-state index contributed by atoms with van der Waals surface area (Å²) < 4.78 is 6.30. The quantitative estimate of drug-likeness (QED) is 0.895. The number of benzene rings is 1. The first-order valence-electron chi connectivity index (χ1n) is 3.41. The van der Waals surface area contributed by atoms with Crippen molar-refractivity contribution in [3.8, 4) is 5.75 Å². The first-order valence-corrected chi connectivity index (χ1v) is 4.20. The van der Waals surface area contributed by atoms with Crippen molar-refractivity contribution in [2.24, 2.45) is 5.73 Å². The molecule has 0 saturated heterocycles. The summed E-state index contributed by atoms with van der Waals surface area (Å²) >= 11 is 3.34. The molecule has 0 heterocycles. The van der Waals surface area contributed by atoms with E-state index in [4.69, 9.17) is 10.5 Å². The molecule has 0 aliphatic rings. The minimum atomic E-state index is 0. The molecule has 0 fully saturated rings. The van der Waals surface area contributed by atoms with Crippen molar-refractivity contribution in [2.45, 2.75) is 0 Å². The topological polar surface area (TPSA) is 35.2 Å². The second-order valence-electron chi connectivity index (χ2n) is 2.09. The monoisotopic (exact) mass is 251 g/mol. The molecule has 0 bridgehead atoms. The fourth-order valence-corrected chi connectivity index (χ4v) is 1.11. The summed E-state index contributed by atoms with van der Waals surface area (Å²) in [5.74, 6) is 0.852. The Morgan fingerprint density at radius 1 is 1.42 bits per heavy atom. The van der Waals surface area contributed by atoms with E-state index < -0.39 is 0 Å². The van der Waals surface area contributed by atoms with Gasteiger partial charge >= 0.3 is 0 Å². The fourth-order valence-electron chi connectivity index (χ4n) is 0.734. The van der Waals surface area contributed by atoms with Gasteiger partial charge in [0, 0.05) is 11.0 Å². The fraction of sp³-hybridized carbons (Fsp3) is 0.250. The highest BCUT2D eigenvalue weighted by Gasteiger charge is 1.91. The Morgan fingerprint density at radius 2 is 2.17 bits per heavy atom. The van der Waals surface area contributed by atoms with Gasteiger partial charge in [-0.15, -0.1) is 12.4 Å². The van der Waals surface area contributed by atoms with Crippen LogP contribution in [0.1, 0.15) is 0 Å². The van der Waals surface area contributed by atoms with Gasteiger partial charge < -0.3 is 10.5 Å². The van der Waals surface area contributed by atoms with E-state index in [1.165, 1.54) is 0 Å². The van der Waals surface area contributed by atoms with E-state index in [2.05, 4.69) is 15.9 Å². The highest BCUT2D eigenvalue weighted by Crippen LogP contribution is 2.17. The Hall–Kier alpha value is -0.250. The van der Waals surface area contributed by atoms with Gasteiger partial charge in [-0.05, 0) is 18.2 Å². The number of rotatable bonds is 3. The van der Waals surface area contributed by atoms with Gasteiger partial charge in [0.05, 0.1) is 0 Å². The molecule has 0 unspecified atom stereocenters. The lowest BCUT2D eigenvalue weighted by Gasteiger charge is -2.03. The number of nitrogens with two attached hydrogens (primary N) is 1. The second kappa shape index (κ2) is 6.29. The molecule has 0 aromatic heterocycles. The van der Waals surface area contributed by atoms with Gasteiger partial charge in [-0.3, -0.25) is 0 Å². The third kappa shape index (κ3) is 3.95. The van der Waals surface area contributed by atoms with E-state index >= 15 is 0 Å². The average molecular weight is 253 g/mol. The molecule has 0 atom stereocenters. The molecule has 1 aromatic carbocycles. The van der Waals surface area contributed by atoms with E-state index in [0.29, 0.717) is 13.2 Å². The Kier molecular flexibility index (Phi) is 6.16. The molecule has 2 nitrogen and oxygen atoms in total. The lowest BCUT2D eigenvalue weighted by molar-refractivity contribution is 0.328. The van der Waals surface area contributed by atoms with Crippen molar-refractivity contribution >= 4 is 28.3 Å². The highest BCUT2D eigenvalue weighted by atomic mass is 79.9. The van der Waals surface area contributed by atoms with Crippen molar-refractivity contribution in [3.63, 3.8) is 0 Å². The largest absolute Gasteiger partial charge is 0.492 e. The number of hydrogen-bond donors (Lipinski definition) is 1. The number of hydrogen-bond acceptors (Lipinski definition) is 2. The third-order valence-corrected chi connectivity index (χ3v) is 1.68. The molecule has 0 radical (unpaired) electrons. The van der Waals surface area contributed by atoms with Gasteiger partial charge in [0.15, 0.2) is 0 Å². The van der Waals surface area contributed by atoms with E-state index in [0.717, 1.165) is 10.2 Å². The van der Waals surface area contributed by atoms with Crippen LogP contribution >= 0.6 is 28.3 Å². The van der Waals surface area contributed by atoms with E-state index in [-0.39, 0.29) is 12.4 Å². The summed E-state index contributed by atoms with van der Waals surface area (Å²) in [6, 6.07) is 7.70. The molecule has 0 spiro atoms. The van der Waals surface area contributed by atoms with Crippen LogP contribution in [0.3, 0.4) is 0 Å². The molecule has 2 N–H and O–H groups in total. The molecule has 4 heteroatoms. The van der Waals surface area contributed by atoms with Gasteiger partial charge in [-0.2, -0.15) is 0 Å². The summed E-state index contributed by atoms with van der Waals surface area (Å²) in [4.78, 5) is 0. The standard InChI is InChI=1S/C8H10BrNO.ClH/c9-7-2-1-3-8(6-7)11-5-4-10;/h1-3,6H,4-5,10H2;1H. The van der Waals surface area contributed by atoms with Crippen molar-refractivity contribution < 1.29 is 4.74 Å². The molecular formula is C8H11BrClNO. The second-order valence-corrected chi connectivity index (χ2v) is 3.01. The van der Waals surface area contributed by atoms with Gasteiger partial charge in [0.2, 0.25) is 0 Å². The van der Waals surface area contributed by atoms with Crippen LogP contribution in [0.25, 0.3) is 0 Å². The number of halogens is 2. The maximum absolute atomic E-state index is 5.28. The Labute approximate surface area is 86.6 Å². The summed E-state index contributed by atoms with van der Waals surface area (Å²) in [6.07, 6.45) is 0. The molecular weight excluding hydrogens is 241 g/mol. The van der Waals surface area contributed by atoms with Crippen LogP contribution in [0, 0.1) is 0 Å². The first-order chi connectivity index (χ1) is 5.33. The van der Waals surface area contributed by atoms with Crippen molar-refractivity contribution in [2.75, 3.05) is 13.2 Å². The van der Waals surface area contributed by atoms with Crippen LogP contribution in [0.4, 0.5) is 0 Å². The van der Waals surface area contributed by atoms with Gasteiger partial charge in [0.1, 0.15) is 12.4 Å². The summed E-state index contributed by atoms with van der Waals surface area (Å²) in [5, 5.41) is 0. The van der Waals surface area contributed by atoms with Crippen molar-refractivity contribution in [1.82, 2.24) is 0 Å². The van der Waals surface area contributed by atoms with Crippen LogP contribution in [-0.4, -0.2) is 13.2 Å². The molecule has 12 heavy (non-hydrogen) atoms. The summed E-state index contributed by atoms with van der Waals surface area (Å²) in [6.45, 7) is 1.11. The zero-order valence-corrected chi connectivity index (χ0v) is 8.90. The SMILES string of the molecule is Cl.NCCOc1cccc(Br)c1. The minimum absolute atomic E-state index is 0. The molecule has 68 valence electrons. The first kappa shape index (κ1) is 11.8. The smallest absolute Gasteiger partial charge is 0.120 e. The van der Waals surface area contributed by atoms with E-state index in [1.807, 2.05) is 24.3 Å². The Morgan fingerprint density at radius 3 is 2.75 bits per heavy atom. The molecule has 1 rings (SSSR count). The minimum Gasteiger partial charge on any atom is -0.492 e. The van der Waals surface area contributed by atoms with Crippen LogP contribution < -0.4 is 10.5 Å². The van der Waals surface area contributed by atoms with Gasteiger partial charge in [-0.25, -0.2) is 0 Å². The third-order valence-electron chi connectivity index (χ3n) is 1.18. The number of ether oxygens (including phenoxy) is 1. The maximum atomic E-state index is 5.28. The molecule has 1 aromatic rings. The van der Waals surface area contributed by atoms with E-state index in [1.54, 1.807) is 0 Å². The average Bonchev–Trinajstić information content (AvgIpc) is 2.01. The maximum Gasteiger partial charge on any atom is 0.120 e. The van der Waals surface area contributed by atoms with E-state index in [9.17, 15) is 0 Å². The van der Waals surface area contributed by atoms with Crippen LogP contribution in [0.5, 0.6) is 5.75 Å². The lowest BCUT2D eigenvalue weighted by Crippen LogP contribution is -2.10. The zero-order valence-electron chi connectivity index (χ0n) is 6.50. The van der Waals surface area contributed by atoms with Crippen LogP contribution in [0.2, 0.25) is 0 Å².